The van der Waals surface area contributed by atoms with E-state index in [-0.39, 0.29) is 12.4 Å². The number of nitrogen functional groups attached to an aromatic ring is 1. The first-order valence-corrected chi connectivity index (χ1v) is 6.97. The van der Waals surface area contributed by atoms with Crippen molar-refractivity contribution < 1.29 is 4.74 Å². The number of halogens is 1. The van der Waals surface area contributed by atoms with E-state index in [1.165, 1.54) is 31.4 Å². The number of anilines is 1. The van der Waals surface area contributed by atoms with Gasteiger partial charge in [-0.3, -0.25) is 4.90 Å². The molecule has 2 aliphatic rings. The van der Waals surface area contributed by atoms with Gasteiger partial charge in [-0.15, -0.1) is 12.4 Å². The van der Waals surface area contributed by atoms with Crippen LogP contribution in [0.2, 0.25) is 0 Å². The standard InChI is InChI=1S/C15H22N2O.ClH/c16-14-3-1-2-12(8-14)9-17(15-4-5-15)10-13-6-7-18-11-13;/h1-3,8,13,15H,4-7,9-11,16H2;1H. The molecule has 1 unspecified atom stereocenters. The number of nitrogens with two attached hydrogens (primary N) is 1. The molecule has 1 aromatic rings. The van der Waals surface area contributed by atoms with Crippen LogP contribution in [0.15, 0.2) is 24.3 Å². The number of ether oxygens (including phenoxy) is 1. The maximum absolute atomic E-state index is 5.85. The summed E-state index contributed by atoms with van der Waals surface area (Å²) in [6.45, 7) is 4.10. The fourth-order valence-corrected chi connectivity index (χ4v) is 2.77. The van der Waals surface area contributed by atoms with E-state index in [0.717, 1.165) is 37.4 Å². The van der Waals surface area contributed by atoms with E-state index in [1.54, 1.807) is 0 Å². The second-order valence-electron chi connectivity index (χ2n) is 5.64. The lowest BCUT2D eigenvalue weighted by atomic mass is 10.1. The Kier molecular flexibility index (Phi) is 5.08. The fraction of sp³-hybridized carbons (Fsp3) is 0.600. The van der Waals surface area contributed by atoms with Crippen molar-refractivity contribution in [3.05, 3.63) is 29.8 Å². The van der Waals surface area contributed by atoms with E-state index in [9.17, 15) is 0 Å². The molecule has 3 nitrogen and oxygen atoms in total. The quantitative estimate of drug-likeness (QED) is 0.844. The Balaban J connectivity index is 0.00000133. The number of nitrogens with zero attached hydrogens (tertiary/aromatic N) is 1. The third kappa shape index (κ3) is 4.10. The summed E-state index contributed by atoms with van der Waals surface area (Å²) in [6.07, 6.45) is 3.94. The Morgan fingerprint density at radius 2 is 2.11 bits per heavy atom. The molecule has 1 saturated carbocycles. The maximum atomic E-state index is 5.85. The minimum Gasteiger partial charge on any atom is -0.399 e. The zero-order chi connectivity index (χ0) is 12.4. The van der Waals surface area contributed by atoms with Gasteiger partial charge < -0.3 is 10.5 Å². The van der Waals surface area contributed by atoms with Crippen LogP contribution >= 0.6 is 12.4 Å². The van der Waals surface area contributed by atoms with E-state index in [2.05, 4.69) is 23.1 Å². The summed E-state index contributed by atoms with van der Waals surface area (Å²) in [5.41, 5.74) is 8.05. The van der Waals surface area contributed by atoms with Gasteiger partial charge in [0, 0.05) is 31.4 Å². The second kappa shape index (κ2) is 6.60. The van der Waals surface area contributed by atoms with Crippen LogP contribution in [0.5, 0.6) is 0 Å². The van der Waals surface area contributed by atoms with E-state index in [0.29, 0.717) is 0 Å². The topological polar surface area (TPSA) is 38.5 Å². The van der Waals surface area contributed by atoms with Gasteiger partial charge in [0.2, 0.25) is 0 Å². The van der Waals surface area contributed by atoms with Crippen LogP contribution in [-0.2, 0) is 11.3 Å². The molecule has 4 heteroatoms. The van der Waals surface area contributed by atoms with E-state index < -0.39 is 0 Å². The predicted octanol–water partition coefficient (Wildman–Crippen LogP) is 2.69. The summed E-state index contributed by atoms with van der Waals surface area (Å²) < 4.78 is 5.48. The van der Waals surface area contributed by atoms with E-state index >= 15 is 0 Å². The van der Waals surface area contributed by atoms with Crippen LogP contribution in [0.4, 0.5) is 5.69 Å². The van der Waals surface area contributed by atoms with Crippen molar-refractivity contribution in [3.63, 3.8) is 0 Å². The molecule has 1 aromatic carbocycles. The molecule has 3 rings (SSSR count). The van der Waals surface area contributed by atoms with Crippen molar-refractivity contribution in [1.82, 2.24) is 4.90 Å². The largest absolute Gasteiger partial charge is 0.399 e. The summed E-state index contributed by atoms with van der Waals surface area (Å²) in [7, 11) is 0. The molecule has 2 N–H and O–H groups in total. The highest BCUT2D eigenvalue weighted by Crippen LogP contribution is 2.30. The average Bonchev–Trinajstić information content (AvgIpc) is 3.08. The number of benzene rings is 1. The Labute approximate surface area is 121 Å². The van der Waals surface area contributed by atoms with Crippen molar-refractivity contribution in [2.24, 2.45) is 5.92 Å². The summed E-state index contributed by atoms with van der Waals surface area (Å²) in [5.74, 6) is 0.728. The Hall–Kier alpha value is -0.770. The first-order valence-electron chi connectivity index (χ1n) is 6.97. The van der Waals surface area contributed by atoms with Crippen LogP contribution < -0.4 is 5.73 Å². The third-order valence-electron chi connectivity index (χ3n) is 3.92. The molecule has 1 saturated heterocycles. The summed E-state index contributed by atoms with van der Waals surface area (Å²) >= 11 is 0. The lowest BCUT2D eigenvalue weighted by Gasteiger charge is -2.25. The predicted molar refractivity (Wildman–Crippen MR) is 80.5 cm³/mol. The molecular formula is C15H23ClN2O. The highest BCUT2D eigenvalue weighted by molar-refractivity contribution is 5.85. The second-order valence-corrected chi connectivity index (χ2v) is 5.64. The molecule has 1 heterocycles. The molecule has 1 atom stereocenters. The number of rotatable bonds is 5. The average molecular weight is 283 g/mol. The van der Waals surface area contributed by atoms with Crippen molar-refractivity contribution in [2.45, 2.75) is 31.8 Å². The van der Waals surface area contributed by atoms with Gasteiger partial charge in [0.25, 0.3) is 0 Å². The van der Waals surface area contributed by atoms with Crippen molar-refractivity contribution in [2.75, 3.05) is 25.5 Å². The molecule has 19 heavy (non-hydrogen) atoms. The van der Waals surface area contributed by atoms with Crippen molar-refractivity contribution in [1.29, 1.82) is 0 Å². The first kappa shape index (κ1) is 14.6. The minimum atomic E-state index is 0. The lowest BCUT2D eigenvalue weighted by molar-refractivity contribution is 0.161. The van der Waals surface area contributed by atoms with Crippen molar-refractivity contribution >= 4 is 18.1 Å². The summed E-state index contributed by atoms with van der Waals surface area (Å²) in [5, 5.41) is 0. The van der Waals surface area contributed by atoms with Crippen LogP contribution in [0.3, 0.4) is 0 Å². The molecular weight excluding hydrogens is 260 g/mol. The molecule has 106 valence electrons. The molecule has 0 spiro atoms. The van der Waals surface area contributed by atoms with Crippen LogP contribution in [0.1, 0.15) is 24.8 Å². The van der Waals surface area contributed by atoms with Gasteiger partial charge in [-0.05, 0) is 42.9 Å². The van der Waals surface area contributed by atoms with E-state index in [1.807, 2.05) is 6.07 Å². The highest BCUT2D eigenvalue weighted by atomic mass is 35.5. The Bertz CT molecular complexity index is 403. The van der Waals surface area contributed by atoms with Gasteiger partial charge in [-0.2, -0.15) is 0 Å². The van der Waals surface area contributed by atoms with Gasteiger partial charge in [0.05, 0.1) is 6.61 Å². The fourth-order valence-electron chi connectivity index (χ4n) is 2.77. The van der Waals surface area contributed by atoms with Crippen LogP contribution in [0.25, 0.3) is 0 Å². The maximum Gasteiger partial charge on any atom is 0.0507 e. The molecule has 1 aliphatic carbocycles. The van der Waals surface area contributed by atoms with Crippen LogP contribution in [-0.4, -0.2) is 30.7 Å². The molecule has 0 bridgehead atoms. The highest BCUT2D eigenvalue weighted by Gasteiger charge is 2.31. The monoisotopic (exact) mass is 282 g/mol. The SMILES string of the molecule is Cl.Nc1cccc(CN(CC2CCOC2)C2CC2)c1. The molecule has 1 aliphatic heterocycles. The zero-order valence-corrected chi connectivity index (χ0v) is 12.1. The molecule has 2 fully saturated rings. The molecule has 0 radical (unpaired) electrons. The van der Waals surface area contributed by atoms with Gasteiger partial charge in [0.15, 0.2) is 0 Å². The zero-order valence-electron chi connectivity index (χ0n) is 11.3. The van der Waals surface area contributed by atoms with Gasteiger partial charge in [-0.1, -0.05) is 12.1 Å². The molecule has 0 aromatic heterocycles. The smallest absolute Gasteiger partial charge is 0.0507 e. The van der Waals surface area contributed by atoms with Crippen molar-refractivity contribution in [3.8, 4) is 0 Å². The normalized spacial score (nSPS) is 22.5. The Morgan fingerprint density at radius 3 is 2.74 bits per heavy atom. The first-order chi connectivity index (χ1) is 8.81. The number of hydrogen-bond acceptors (Lipinski definition) is 3. The van der Waals surface area contributed by atoms with Gasteiger partial charge in [-0.25, -0.2) is 0 Å². The molecule has 0 amide bonds. The number of hydrogen-bond donors (Lipinski definition) is 1. The van der Waals surface area contributed by atoms with Crippen LogP contribution in [0, 0.1) is 5.92 Å². The minimum absolute atomic E-state index is 0. The lowest BCUT2D eigenvalue weighted by Crippen LogP contribution is -2.31. The summed E-state index contributed by atoms with van der Waals surface area (Å²) in [6, 6.07) is 9.08. The third-order valence-corrected chi connectivity index (χ3v) is 3.92. The van der Waals surface area contributed by atoms with Gasteiger partial charge in [0.1, 0.15) is 0 Å². The Morgan fingerprint density at radius 1 is 1.26 bits per heavy atom. The summed E-state index contributed by atoms with van der Waals surface area (Å²) in [4.78, 5) is 2.62. The van der Waals surface area contributed by atoms with E-state index in [4.69, 9.17) is 10.5 Å². The van der Waals surface area contributed by atoms with Gasteiger partial charge >= 0.3 is 0 Å².